The molecule has 1 N–H and O–H groups in total. The highest BCUT2D eigenvalue weighted by Crippen LogP contribution is 2.32. The Kier molecular flexibility index (Phi) is 7.92. The fourth-order valence-corrected chi connectivity index (χ4v) is 5.00. The number of nitrogens with zero attached hydrogens (tertiary/aromatic N) is 4. The first-order valence-electron chi connectivity index (χ1n) is 12.9. The minimum Gasteiger partial charge on any atom is -0.478 e. The van der Waals surface area contributed by atoms with E-state index in [9.17, 15) is 23.1 Å². The number of halogens is 3. The number of fused-ring (bicyclic) bond motifs is 1. The standard InChI is InChI=1S/C29H29F3N4O4/c1-17-6-7-19(21(30)12-17)16-39-26-5-3-4-22(33-26)18-8-10-36(11-9-18)15-25-34-27-23(35(25)2)13-20(28(37)38)14-24(27)40-29(31)32/h3-7,12-14,18,29H,8-11,15-16H2,1-2H3,(H,37,38). The van der Waals surface area contributed by atoms with Crippen molar-refractivity contribution in [2.75, 3.05) is 13.1 Å². The third-order valence-corrected chi connectivity index (χ3v) is 7.21. The van der Waals surface area contributed by atoms with Gasteiger partial charge in [-0.05, 0) is 62.7 Å². The van der Waals surface area contributed by atoms with Crippen molar-refractivity contribution in [2.45, 2.75) is 45.4 Å². The molecule has 11 heteroatoms. The molecule has 1 aliphatic heterocycles. The first-order chi connectivity index (χ1) is 19.2. The van der Waals surface area contributed by atoms with Gasteiger partial charge in [-0.3, -0.25) is 4.90 Å². The van der Waals surface area contributed by atoms with Gasteiger partial charge in [0.05, 0.1) is 17.6 Å². The number of aromatic carboxylic acids is 1. The lowest BCUT2D eigenvalue weighted by Gasteiger charge is -2.31. The summed E-state index contributed by atoms with van der Waals surface area (Å²) in [6.07, 6.45) is 1.69. The van der Waals surface area contributed by atoms with Crippen molar-refractivity contribution in [2.24, 2.45) is 7.05 Å². The summed E-state index contributed by atoms with van der Waals surface area (Å²) >= 11 is 0. The molecule has 2 aromatic heterocycles. The molecule has 0 radical (unpaired) electrons. The fraction of sp³-hybridized carbons (Fsp3) is 0.345. The Labute approximate surface area is 229 Å². The number of likely N-dealkylation sites (tertiary alicyclic amines) is 1. The van der Waals surface area contributed by atoms with Crippen LogP contribution in [0.4, 0.5) is 13.2 Å². The van der Waals surface area contributed by atoms with E-state index in [-0.39, 0.29) is 35.2 Å². The second-order valence-electron chi connectivity index (χ2n) is 9.95. The van der Waals surface area contributed by atoms with E-state index in [2.05, 4.69) is 19.6 Å². The molecule has 4 aromatic rings. The molecule has 0 aliphatic carbocycles. The van der Waals surface area contributed by atoms with Crippen LogP contribution >= 0.6 is 0 Å². The maximum Gasteiger partial charge on any atom is 0.387 e. The lowest BCUT2D eigenvalue weighted by atomic mass is 9.93. The highest BCUT2D eigenvalue weighted by molar-refractivity contribution is 5.95. The Balaban J connectivity index is 1.24. The highest BCUT2D eigenvalue weighted by Gasteiger charge is 2.25. The van der Waals surface area contributed by atoms with E-state index < -0.39 is 12.6 Å². The number of aromatic nitrogens is 3. The molecule has 1 fully saturated rings. The van der Waals surface area contributed by atoms with Gasteiger partial charge in [0, 0.05) is 30.3 Å². The molecule has 210 valence electrons. The summed E-state index contributed by atoms with van der Waals surface area (Å²) in [5, 5.41) is 9.39. The van der Waals surface area contributed by atoms with Gasteiger partial charge in [0.1, 0.15) is 23.8 Å². The van der Waals surface area contributed by atoms with Crippen molar-refractivity contribution >= 4 is 17.0 Å². The molecule has 1 saturated heterocycles. The highest BCUT2D eigenvalue weighted by atomic mass is 19.3. The van der Waals surface area contributed by atoms with Crippen LogP contribution in [0.2, 0.25) is 0 Å². The largest absolute Gasteiger partial charge is 0.478 e. The number of pyridine rings is 1. The molecule has 0 bridgehead atoms. The predicted molar refractivity (Wildman–Crippen MR) is 141 cm³/mol. The van der Waals surface area contributed by atoms with E-state index in [1.54, 1.807) is 23.7 Å². The fourth-order valence-electron chi connectivity index (χ4n) is 5.00. The summed E-state index contributed by atoms with van der Waals surface area (Å²) < 4.78 is 52.2. The number of aryl methyl sites for hydroxylation is 2. The van der Waals surface area contributed by atoms with Gasteiger partial charge in [-0.2, -0.15) is 8.78 Å². The Morgan fingerprint density at radius 2 is 1.90 bits per heavy atom. The smallest absolute Gasteiger partial charge is 0.387 e. The van der Waals surface area contributed by atoms with Crippen molar-refractivity contribution in [1.29, 1.82) is 0 Å². The van der Waals surface area contributed by atoms with Crippen molar-refractivity contribution in [3.05, 3.63) is 82.6 Å². The zero-order chi connectivity index (χ0) is 28.4. The molecular formula is C29H29F3N4O4. The molecule has 40 heavy (non-hydrogen) atoms. The quantitative estimate of drug-likeness (QED) is 0.285. The molecular weight excluding hydrogens is 525 g/mol. The van der Waals surface area contributed by atoms with Gasteiger partial charge in [0.2, 0.25) is 5.88 Å². The number of imidazole rings is 1. The van der Waals surface area contributed by atoms with Crippen LogP contribution in [-0.2, 0) is 20.2 Å². The van der Waals surface area contributed by atoms with Gasteiger partial charge < -0.3 is 19.1 Å². The van der Waals surface area contributed by atoms with Gasteiger partial charge in [0.15, 0.2) is 5.75 Å². The Bertz CT molecular complexity index is 1530. The minimum absolute atomic E-state index is 0.0943. The first-order valence-corrected chi connectivity index (χ1v) is 12.9. The van der Waals surface area contributed by atoms with E-state index >= 15 is 0 Å². The Morgan fingerprint density at radius 3 is 2.60 bits per heavy atom. The van der Waals surface area contributed by atoms with Crippen LogP contribution in [0.1, 0.15) is 51.8 Å². The van der Waals surface area contributed by atoms with Crippen molar-refractivity contribution in [3.63, 3.8) is 0 Å². The summed E-state index contributed by atoms with van der Waals surface area (Å²) in [6, 6.07) is 13.1. The molecule has 8 nitrogen and oxygen atoms in total. The second kappa shape index (κ2) is 11.5. The van der Waals surface area contributed by atoms with Crippen LogP contribution in [0.25, 0.3) is 11.0 Å². The van der Waals surface area contributed by atoms with Gasteiger partial charge in [0.25, 0.3) is 0 Å². The molecule has 0 atom stereocenters. The normalized spacial score (nSPS) is 14.7. The zero-order valence-electron chi connectivity index (χ0n) is 22.1. The number of alkyl halides is 2. The van der Waals surface area contributed by atoms with E-state index in [1.807, 2.05) is 25.1 Å². The molecule has 0 amide bonds. The van der Waals surface area contributed by atoms with E-state index in [1.165, 1.54) is 12.1 Å². The second-order valence-corrected chi connectivity index (χ2v) is 9.95. The Morgan fingerprint density at radius 1 is 1.12 bits per heavy atom. The summed E-state index contributed by atoms with van der Waals surface area (Å²) in [7, 11) is 1.73. The van der Waals surface area contributed by atoms with E-state index in [0.717, 1.165) is 43.3 Å². The molecule has 5 rings (SSSR count). The number of hydrogen-bond acceptors (Lipinski definition) is 6. The lowest BCUT2D eigenvalue weighted by Crippen LogP contribution is -2.33. The average Bonchev–Trinajstić information content (AvgIpc) is 3.23. The molecule has 0 saturated carbocycles. The number of hydrogen-bond donors (Lipinski definition) is 1. The SMILES string of the molecule is Cc1ccc(COc2cccc(C3CCN(Cc4nc5c(OC(F)F)cc(C(=O)O)cc5n4C)CC3)n2)c(F)c1. The predicted octanol–water partition coefficient (Wildman–Crippen LogP) is 5.67. The van der Waals surface area contributed by atoms with E-state index in [0.29, 0.717) is 29.3 Å². The number of carboxylic acid groups (broad SMARTS) is 1. The number of piperidine rings is 1. The molecule has 2 aromatic carbocycles. The van der Waals surface area contributed by atoms with Crippen LogP contribution in [0.15, 0.2) is 48.5 Å². The Hall–Kier alpha value is -4.12. The van der Waals surface area contributed by atoms with Gasteiger partial charge in [-0.15, -0.1) is 0 Å². The molecule has 1 aliphatic rings. The molecule has 3 heterocycles. The van der Waals surface area contributed by atoms with Crippen molar-refractivity contribution in [3.8, 4) is 11.6 Å². The molecule has 0 unspecified atom stereocenters. The average molecular weight is 555 g/mol. The third-order valence-electron chi connectivity index (χ3n) is 7.21. The number of benzene rings is 2. The number of ether oxygens (including phenoxy) is 2. The first kappa shape index (κ1) is 27.4. The van der Waals surface area contributed by atoms with Crippen LogP contribution in [0.5, 0.6) is 11.6 Å². The van der Waals surface area contributed by atoms with Crippen LogP contribution in [-0.4, -0.2) is 50.2 Å². The minimum atomic E-state index is -3.10. The maximum absolute atomic E-state index is 14.2. The molecule has 0 spiro atoms. The van der Waals surface area contributed by atoms with Gasteiger partial charge in [-0.25, -0.2) is 19.2 Å². The summed E-state index contributed by atoms with van der Waals surface area (Å²) in [5.74, 6) is -0.515. The number of carboxylic acids is 1. The number of carbonyl (C=O) groups is 1. The zero-order valence-corrected chi connectivity index (χ0v) is 22.1. The van der Waals surface area contributed by atoms with Crippen LogP contribution < -0.4 is 9.47 Å². The third kappa shape index (κ3) is 6.04. The topological polar surface area (TPSA) is 89.7 Å². The summed E-state index contributed by atoms with van der Waals surface area (Å²) in [4.78, 5) is 22.9. The number of rotatable bonds is 9. The van der Waals surface area contributed by atoms with Crippen molar-refractivity contribution in [1.82, 2.24) is 19.4 Å². The lowest BCUT2D eigenvalue weighted by molar-refractivity contribution is -0.0489. The van der Waals surface area contributed by atoms with E-state index in [4.69, 9.17) is 4.74 Å². The maximum atomic E-state index is 14.2. The monoisotopic (exact) mass is 554 g/mol. The van der Waals surface area contributed by atoms with Crippen LogP contribution in [0, 0.1) is 12.7 Å². The summed E-state index contributed by atoms with van der Waals surface area (Å²) in [5.41, 5.74) is 2.69. The van der Waals surface area contributed by atoms with Crippen LogP contribution in [0.3, 0.4) is 0 Å². The van der Waals surface area contributed by atoms with Crippen molar-refractivity contribution < 1.29 is 32.5 Å². The van der Waals surface area contributed by atoms with Gasteiger partial charge in [-0.1, -0.05) is 18.2 Å². The summed E-state index contributed by atoms with van der Waals surface area (Å²) in [6.45, 7) is 0.815. The van der Waals surface area contributed by atoms with Gasteiger partial charge >= 0.3 is 12.6 Å².